The molecule has 0 aliphatic rings. The van der Waals surface area contributed by atoms with Gasteiger partial charge in [0.2, 0.25) is 0 Å². The third-order valence-corrected chi connectivity index (χ3v) is 9.11. The predicted octanol–water partition coefficient (Wildman–Crippen LogP) is 12.8. The van der Waals surface area contributed by atoms with Crippen LogP contribution in [0.25, 0.3) is 0 Å². The monoisotopic (exact) mass is 651 g/mol. The second kappa shape index (κ2) is 37.8. The van der Waals surface area contributed by atoms with Crippen LogP contribution in [0.4, 0.5) is 0 Å². The summed E-state index contributed by atoms with van der Waals surface area (Å²) in [5.74, 6) is -0.181. The minimum Gasteiger partial charge on any atom is -0.469 e. The van der Waals surface area contributed by atoms with E-state index in [2.05, 4.69) is 42.4 Å². The number of carbonyl (C=O) groups is 3. The van der Waals surface area contributed by atoms with Crippen molar-refractivity contribution in [3.05, 3.63) is 12.2 Å². The number of allylic oxidation sites excluding steroid dienone is 2. The zero-order valence-corrected chi connectivity index (χ0v) is 31.5. The number of ether oxygens (including phenoxy) is 2. The van der Waals surface area contributed by atoms with Crippen molar-refractivity contribution in [2.45, 2.75) is 213 Å². The molecule has 0 rings (SSSR count). The lowest BCUT2D eigenvalue weighted by Gasteiger charge is -2.23. The Morgan fingerprint density at radius 2 is 0.783 bits per heavy atom. The summed E-state index contributed by atoms with van der Waals surface area (Å²) in [6.07, 6.45) is 41.7. The lowest BCUT2D eigenvalue weighted by Crippen LogP contribution is -2.18. The van der Waals surface area contributed by atoms with Crippen LogP contribution in [0.1, 0.15) is 213 Å². The Hall–Kier alpha value is -1.65. The highest BCUT2D eigenvalue weighted by molar-refractivity contribution is 5.69. The fourth-order valence-electron chi connectivity index (χ4n) is 5.78. The van der Waals surface area contributed by atoms with E-state index in [4.69, 9.17) is 0 Å². The molecule has 0 aliphatic heterocycles. The van der Waals surface area contributed by atoms with Gasteiger partial charge in [-0.1, -0.05) is 161 Å². The second-order valence-electron chi connectivity index (χ2n) is 13.8. The molecule has 0 spiro atoms. The molecule has 5 nitrogen and oxygen atoms in total. The van der Waals surface area contributed by atoms with Gasteiger partial charge < -0.3 is 14.3 Å². The highest BCUT2D eigenvalue weighted by Gasteiger charge is 2.22. The summed E-state index contributed by atoms with van der Waals surface area (Å²) in [7, 11) is 2.90. The maximum absolute atomic E-state index is 11.5. The van der Waals surface area contributed by atoms with Gasteiger partial charge in [-0.2, -0.15) is 0 Å². The van der Waals surface area contributed by atoms with E-state index in [0.717, 1.165) is 44.9 Å². The molecule has 1 atom stereocenters. The largest absolute Gasteiger partial charge is 0.469 e. The molecule has 0 aliphatic carbocycles. The molecule has 1 unspecified atom stereocenters. The molecule has 0 aromatic rings. The van der Waals surface area contributed by atoms with Crippen LogP contribution in [-0.2, 0) is 23.9 Å². The first kappa shape index (κ1) is 46.5. The Morgan fingerprint density at radius 3 is 1.11 bits per heavy atom. The standard InChI is InChI=1S/C22H42O3.C19H36O2/c1-4-5-6-7-9-12-15-18-22(2,20-23)19-16-13-10-8-11-14-17-21(24)25-3;1-3-4-5-6-7-8-9-10-11-12-13-14-15-16-17-18-19(20)21-2/h20H,4-19H2,1-3H3;10-11H,3-9,12-18H2,1-2H3/b;11-10-. The van der Waals surface area contributed by atoms with E-state index in [1.54, 1.807) is 0 Å². The second-order valence-corrected chi connectivity index (χ2v) is 13.8. The number of esters is 2. The van der Waals surface area contributed by atoms with Crippen molar-refractivity contribution in [2.24, 2.45) is 5.41 Å². The molecule has 0 amide bonds. The van der Waals surface area contributed by atoms with Crippen LogP contribution >= 0.6 is 0 Å². The van der Waals surface area contributed by atoms with Gasteiger partial charge in [0.15, 0.2) is 0 Å². The summed E-state index contributed by atoms with van der Waals surface area (Å²) >= 11 is 0. The Kier molecular flexibility index (Phi) is 38.2. The Balaban J connectivity index is 0. The van der Waals surface area contributed by atoms with Crippen molar-refractivity contribution in [1.29, 1.82) is 0 Å². The van der Waals surface area contributed by atoms with E-state index in [9.17, 15) is 14.4 Å². The van der Waals surface area contributed by atoms with Gasteiger partial charge in [-0.15, -0.1) is 0 Å². The average Bonchev–Trinajstić information content (AvgIpc) is 3.07. The number of aldehydes is 1. The lowest BCUT2D eigenvalue weighted by atomic mass is 9.81. The number of rotatable bonds is 33. The average molecular weight is 651 g/mol. The molecule has 0 aromatic heterocycles. The van der Waals surface area contributed by atoms with Gasteiger partial charge in [-0.3, -0.25) is 9.59 Å². The van der Waals surface area contributed by atoms with E-state index in [1.807, 2.05) is 0 Å². The van der Waals surface area contributed by atoms with Crippen molar-refractivity contribution >= 4 is 18.2 Å². The van der Waals surface area contributed by atoms with Crippen LogP contribution in [0, 0.1) is 5.41 Å². The number of hydrogen-bond acceptors (Lipinski definition) is 5. The molecular weight excluding hydrogens is 572 g/mol. The highest BCUT2D eigenvalue weighted by Crippen LogP contribution is 2.29. The Morgan fingerprint density at radius 1 is 0.478 bits per heavy atom. The van der Waals surface area contributed by atoms with Gasteiger partial charge >= 0.3 is 11.9 Å². The Bertz CT molecular complexity index is 688. The van der Waals surface area contributed by atoms with E-state index in [1.165, 1.54) is 155 Å². The minimum atomic E-state index is -0.117. The smallest absolute Gasteiger partial charge is 0.305 e. The van der Waals surface area contributed by atoms with Crippen LogP contribution in [0.5, 0.6) is 0 Å². The summed E-state index contributed by atoms with van der Waals surface area (Å²) < 4.78 is 9.26. The van der Waals surface area contributed by atoms with Crippen molar-refractivity contribution in [1.82, 2.24) is 0 Å². The molecular formula is C41H78O5. The number of carbonyl (C=O) groups excluding carboxylic acids is 3. The van der Waals surface area contributed by atoms with Crippen molar-refractivity contribution in [3.8, 4) is 0 Å². The van der Waals surface area contributed by atoms with Gasteiger partial charge in [0.1, 0.15) is 6.29 Å². The summed E-state index contributed by atoms with van der Waals surface area (Å²) in [4.78, 5) is 33.4. The molecule has 5 heteroatoms. The van der Waals surface area contributed by atoms with Crippen molar-refractivity contribution in [3.63, 3.8) is 0 Å². The maximum Gasteiger partial charge on any atom is 0.305 e. The summed E-state index contributed by atoms with van der Waals surface area (Å²) in [6, 6.07) is 0. The lowest BCUT2D eigenvalue weighted by molar-refractivity contribution is -0.141. The maximum atomic E-state index is 11.5. The molecule has 0 heterocycles. The summed E-state index contributed by atoms with van der Waals surface area (Å²) in [5.41, 5.74) is -0.117. The summed E-state index contributed by atoms with van der Waals surface area (Å²) in [5, 5.41) is 0. The molecule has 0 bridgehead atoms. The third-order valence-electron chi connectivity index (χ3n) is 9.11. The van der Waals surface area contributed by atoms with Crippen LogP contribution in [0.15, 0.2) is 12.2 Å². The van der Waals surface area contributed by atoms with Gasteiger partial charge in [0.05, 0.1) is 14.2 Å². The highest BCUT2D eigenvalue weighted by atomic mass is 16.5. The van der Waals surface area contributed by atoms with Crippen molar-refractivity contribution in [2.75, 3.05) is 14.2 Å². The van der Waals surface area contributed by atoms with E-state index < -0.39 is 0 Å². The van der Waals surface area contributed by atoms with Gasteiger partial charge in [0, 0.05) is 18.3 Å². The van der Waals surface area contributed by atoms with Gasteiger partial charge in [-0.05, 0) is 51.4 Å². The quantitative estimate of drug-likeness (QED) is 0.0306. The molecule has 0 fully saturated rings. The fourth-order valence-corrected chi connectivity index (χ4v) is 5.78. The molecule has 272 valence electrons. The van der Waals surface area contributed by atoms with E-state index in [0.29, 0.717) is 12.8 Å². The molecule has 0 aromatic carbocycles. The van der Waals surface area contributed by atoms with E-state index in [-0.39, 0.29) is 17.4 Å². The van der Waals surface area contributed by atoms with Crippen LogP contribution in [0.2, 0.25) is 0 Å². The SMILES string of the molecule is CCCCCCCC/C=C\CCCCCCCC(=O)OC.CCCCCCCCCC(C)(C=O)CCCCCCCCC(=O)OC. The zero-order chi connectivity index (χ0) is 34.4. The molecule has 0 radical (unpaired) electrons. The predicted molar refractivity (Wildman–Crippen MR) is 197 cm³/mol. The van der Waals surface area contributed by atoms with Crippen LogP contribution in [0.3, 0.4) is 0 Å². The first-order valence-electron chi connectivity index (χ1n) is 19.6. The number of methoxy groups -OCH3 is 2. The molecule has 0 saturated carbocycles. The molecule has 46 heavy (non-hydrogen) atoms. The van der Waals surface area contributed by atoms with Gasteiger partial charge in [0.25, 0.3) is 0 Å². The van der Waals surface area contributed by atoms with Crippen molar-refractivity contribution < 1.29 is 23.9 Å². The summed E-state index contributed by atoms with van der Waals surface area (Å²) in [6.45, 7) is 6.65. The number of hydrogen-bond donors (Lipinski definition) is 0. The normalized spacial score (nSPS) is 12.4. The zero-order valence-electron chi connectivity index (χ0n) is 31.5. The van der Waals surface area contributed by atoms with Crippen LogP contribution in [-0.4, -0.2) is 32.4 Å². The third kappa shape index (κ3) is 36.8. The number of unbranched alkanes of at least 4 members (excludes halogenated alkanes) is 22. The molecule has 0 saturated heterocycles. The fraction of sp³-hybridized carbons (Fsp3) is 0.878. The first-order valence-corrected chi connectivity index (χ1v) is 19.6. The van der Waals surface area contributed by atoms with E-state index >= 15 is 0 Å². The minimum absolute atomic E-state index is 0.0763. The topological polar surface area (TPSA) is 69.7 Å². The van der Waals surface area contributed by atoms with Gasteiger partial charge in [-0.25, -0.2) is 0 Å². The Labute approximate surface area is 286 Å². The van der Waals surface area contributed by atoms with Crippen LogP contribution < -0.4 is 0 Å². The molecule has 0 N–H and O–H groups in total. The first-order chi connectivity index (χ1) is 22.4.